The van der Waals surface area contributed by atoms with Gasteiger partial charge in [-0.3, -0.25) is 4.79 Å². The van der Waals surface area contributed by atoms with Crippen LogP contribution in [0.4, 0.5) is 16.2 Å². The minimum Gasteiger partial charge on any atom is -0.444 e. The zero-order valence-electron chi connectivity index (χ0n) is 17.2. The van der Waals surface area contributed by atoms with Crippen molar-refractivity contribution in [2.24, 2.45) is 0 Å². The maximum atomic E-state index is 12.7. The molecule has 0 aliphatic rings. The molecule has 2 rings (SSSR count). The number of hydrogen-bond donors (Lipinski definition) is 2. The Hall–Kier alpha value is -3.02. The fraction of sp³-hybridized carbons (Fsp3) is 0.364. The smallest absolute Gasteiger partial charge is 0.408 e. The standard InChI is InChI=1S/C22H29N3O3/c1-22(2,3)28-21(27)24-18(16-11-7-6-8-12-16)15-20(26)23-17-13-9-10-14-19(17)25(4)5/h6-14,18H,15H2,1-5H3,(H,23,26)(H,24,27). The van der Waals surface area contributed by atoms with Gasteiger partial charge in [0.05, 0.1) is 23.8 Å². The number of rotatable bonds is 6. The van der Waals surface area contributed by atoms with E-state index in [9.17, 15) is 9.59 Å². The zero-order valence-corrected chi connectivity index (χ0v) is 17.2. The lowest BCUT2D eigenvalue weighted by Crippen LogP contribution is -2.36. The van der Waals surface area contributed by atoms with Gasteiger partial charge in [0.15, 0.2) is 0 Å². The van der Waals surface area contributed by atoms with Crippen molar-refractivity contribution >= 4 is 23.4 Å². The molecule has 0 saturated carbocycles. The third-order valence-corrected chi connectivity index (χ3v) is 3.94. The SMILES string of the molecule is CN(C)c1ccccc1NC(=O)CC(NC(=O)OC(C)(C)C)c1ccccc1. The molecular formula is C22H29N3O3. The Balaban J connectivity index is 2.14. The summed E-state index contributed by atoms with van der Waals surface area (Å²) in [6.07, 6.45) is -0.465. The average Bonchev–Trinajstić information content (AvgIpc) is 2.60. The van der Waals surface area contributed by atoms with Gasteiger partial charge in [0.25, 0.3) is 0 Å². The predicted molar refractivity (Wildman–Crippen MR) is 113 cm³/mol. The molecule has 28 heavy (non-hydrogen) atoms. The monoisotopic (exact) mass is 383 g/mol. The molecule has 0 saturated heterocycles. The Morgan fingerprint density at radius 3 is 2.21 bits per heavy atom. The molecule has 0 heterocycles. The van der Waals surface area contributed by atoms with Crippen LogP contribution in [-0.4, -0.2) is 31.7 Å². The van der Waals surface area contributed by atoms with Crippen LogP contribution in [0, 0.1) is 0 Å². The zero-order chi connectivity index (χ0) is 20.7. The number of para-hydroxylation sites is 2. The first-order valence-corrected chi connectivity index (χ1v) is 9.26. The first-order valence-electron chi connectivity index (χ1n) is 9.26. The number of carbonyl (C=O) groups excluding carboxylic acids is 2. The summed E-state index contributed by atoms with van der Waals surface area (Å²) in [5.41, 5.74) is 1.86. The van der Waals surface area contributed by atoms with E-state index in [-0.39, 0.29) is 12.3 Å². The lowest BCUT2D eigenvalue weighted by atomic mass is 10.0. The lowest BCUT2D eigenvalue weighted by molar-refractivity contribution is -0.116. The third kappa shape index (κ3) is 6.61. The summed E-state index contributed by atoms with van der Waals surface area (Å²) in [6.45, 7) is 5.40. The molecule has 0 aromatic heterocycles. The van der Waals surface area contributed by atoms with Crippen molar-refractivity contribution in [2.75, 3.05) is 24.3 Å². The molecule has 0 aliphatic heterocycles. The van der Waals surface area contributed by atoms with Gasteiger partial charge < -0.3 is 20.3 Å². The van der Waals surface area contributed by atoms with E-state index in [0.717, 1.165) is 16.9 Å². The molecule has 0 bridgehead atoms. The Kier molecular flexibility index (Phi) is 7.04. The fourth-order valence-corrected chi connectivity index (χ4v) is 2.74. The minimum atomic E-state index is -0.613. The highest BCUT2D eigenvalue weighted by atomic mass is 16.6. The highest BCUT2D eigenvalue weighted by Crippen LogP contribution is 2.25. The first kappa shape index (κ1) is 21.3. The average molecular weight is 383 g/mol. The molecule has 0 radical (unpaired) electrons. The number of hydrogen-bond acceptors (Lipinski definition) is 4. The summed E-state index contributed by atoms with van der Waals surface area (Å²) in [4.78, 5) is 26.9. The largest absolute Gasteiger partial charge is 0.444 e. The van der Waals surface area contributed by atoms with Crippen molar-refractivity contribution in [3.05, 3.63) is 60.2 Å². The van der Waals surface area contributed by atoms with Crippen molar-refractivity contribution in [2.45, 2.75) is 38.8 Å². The lowest BCUT2D eigenvalue weighted by Gasteiger charge is -2.24. The van der Waals surface area contributed by atoms with Crippen molar-refractivity contribution in [3.63, 3.8) is 0 Å². The van der Waals surface area contributed by atoms with Gasteiger partial charge in [0, 0.05) is 14.1 Å². The number of anilines is 2. The predicted octanol–water partition coefficient (Wildman–Crippen LogP) is 4.35. The van der Waals surface area contributed by atoms with Crippen molar-refractivity contribution in [1.29, 1.82) is 0 Å². The number of amides is 2. The number of nitrogens with one attached hydrogen (secondary N) is 2. The summed E-state index contributed by atoms with van der Waals surface area (Å²) in [7, 11) is 3.84. The summed E-state index contributed by atoms with van der Waals surface area (Å²) in [5, 5.41) is 5.75. The van der Waals surface area contributed by atoms with Crippen LogP contribution in [0.15, 0.2) is 54.6 Å². The van der Waals surface area contributed by atoms with Crippen molar-refractivity contribution < 1.29 is 14.3 Å². The van der Waals surface area contributed by atoms with Gasteiger partial charge in [-0.15, -0.1) is 0 Å². The van der Waals surface area contributed by atoms with Gasteiger partial charge in [0.2, 0.25) is 5.91 Å². The first-order chi connectivity index (χ1) is 13.2. The van der Waals surface area contributed by atoms with Gasteiger partial charge in [-0.1, -0.05) is 42.5 Å². The Morgan fingerprint density at radius 2 is 1.61 bits per heavy atom. The molecule has 2 aromatic rings. The summed E-state index contributed by atoms with van der Waals surface area (Å²) < 4.78 is 5.35. The van der Waals surface area contributed by atoms with Crippen LogP contribution in [0.25, 0.3) is 0 Å². The molecule has 2 N–H and O–H groups in total. The molecule has 2 amide bonds. The molecule has 6 heteroatoms. The maximum absolute atomic E-state index is 12.7. The van der Waals surface area contributed by atoms with Gasteiger partial charge in [-0.2, -0.15) is 0 Å². The molecule has 0 spiro atoms. The highest BCUT2D eigenvalue weighted by Gasteiger charge is 2.23. The molecule has 1 unspecified atom stereocenters. The van der Waals surface area contributed by atoms with E-state index in [4.69, 9.17) is 4.74 Å². The summed E-state index contributed by atoms with van der Waals surface area (Å²) >= 11 is 0. The van der Waals surface area contributed by atoms with Gasteiger partial charge in [0.1, 0.15) is 5.60 Å². The number of carbonyl (C=O) groups is 2. The molecule has 150 valence electrons. The molecule has 0 fully saturated rings. The second-order valence-corrected chi connectivity index (χ2v) is 7.77. The van der Waals surface area contributed by atoms with Crippen LogP contribution in [0.2, 0.25) is 0 Å². The van der Waals surface area contributed by atoms with Gasteiger partial charge >= 0.3 is 6.09 Å². The third-order valence-electron chi connectivity index (χ3n) is 3.94. The Bertz CT molecular complexity index is 798. The summed E-state index contributed by atoms with van der Waals surface area (Å²) in [5.74, 6) is -0.195. The normalized spacial score (nSPS) is 12.0. The van der Waals surface area contributed by atoms with E-state index >= 15 is 0 Å². The van der Waals surface area contributed by atoms with Crippen LogP contribution in [0.5, 0.6) is 0 Å². The van der Waals surface area contributed by atoms with E-state index in [1.807, 2.05) is 73.6 Å². The maximum Gasteiger partial charge on any atom is 0.408 e. The molecule has 0 aliphatic carbocycles. The van der Waals surface area contributed by atoms with Crippen LogP contribution >= 0.6 is 0 Å². The van der Waals surface area contributed by atoms with E-state index in [1.165, 1.54) is 0 Å². The van der Waals surface area contributed by atoms with Crippen molar-refractivity contribution in [3.8, 4) is 0 Å². The molecule has 1 atom stereocenters. The second kappa shape index (κ2) is 9.26. The van der Waals surface area contributed by atoms with Gasteiger partial charge in [-0.25, -0.2) is 4.79 Å². The number of nitrogens with zero attached hydrogens (tertiary/aromatic N) is 1. The molecular weight excluding hydrogens is 354 g/mol. The number of alkyl carbamates (subject to hydrolysis) is 1. The topological polar surface area (TPSA) is 70.7 Å². The van der Waals surface area contributed by atoms with E-state index in [0.29, 0.717) is 0 Å². The highest BCUT2D eigenvalue weighted by molar-refractivity contribution is 5.94. The minimum absolute atomic E-state index is 0.0883. The van der Waals surface area contributed by atoms with Crippen LogP contribution < -0.4 is 15.5 Å². The van der Waals surface area contributed by atoms with Crippen LogP contribution in [0.3, 0.4) is 0 Å². The van der Waals surface area contributed by atoms with Crippen molar-refractivity contribution in [1.82, 2.24) is 5.32 Å². The quantitative estimate of drug-likeness (QED) is 0.778. The van der Waals surface area contributed by atoms with E-state index < -0.39 is 17.7 Å². The molecule has 2 aromatic carbocycles. The summed E-state index contributed by atoms with van der Waals surface area (Å²) in [6, 6.07) is 16.5. The fourth-order valence-electron chi connectivity index (χ4n) is 2.74. The molecule has 6 nitrogen and oxygen atoms in total. The van der Waals surface area contributed by atoms with E-state index in [1.54, 1.807) is 20.8 Å². The van der Waals surface area contributed by atoms with Crippen LogP contribution in [-0.2, 0) is 9.53 Å². The number of ether oxygens (including phenoxy) is 1. The van der Waals surface area contributed by atoms with Crippen LogP contribution in [0.1, 0.15) is 38.8 Å². The number of benzene rings is 2. The van der Waals surface area contributed by atoms with Gasteiger partial charge in [-0.05, 0) is 38.5 Å². The Morgan fingerprint density at radius 1 is 1.00 bits per heavy atom. The Labute approximate surface area is 166 Å². The van der Waals surface area contributed by atoms with E-state index in [2.05, 4.69) is 10.6 Å². The second-order valence-electron chi connectivity index (χ2n) is 7.77.